The molecule has 0 aromatic heterocycles. The van der Waals surface area contributed by atoms with Gasteiger partial charge in [-0.25, -0.2) is 0 Å². The van der Waals surface area contributed by atoms with Gasteiger partial charge in [-0.05, 0) is 20.3 Å². The minimum absolute atomic E-state index is 0.304. The summed E-state index contributed by atoms with van der Waals surface area (Å²) in [4.78, 5) is 11.2. The van der Waals surface area contributed by atoms with Gasteiger partial charge in [0.15, 0.2) is 0 Å². The molecule has 0 N–H and O–H groups in total. The van der Waals surface area contributed by atoms with E-state index in [0.29, 0.717) is 19.6 Å². The molecule has 0 aliphatic carbocycles. The second-order valence-corrected chi connectivity index (χ2v) is 7.25. The minimum atomic E-state index is -3.26. The van der Waals surface area contributed by atoms with Gasteiger partial charge in [0, 0.05) is 0 Å². The van der Waals surface area contributed by atoms with Crippen LogP contribution in [0.25, 0.3) is 0 Å². The van der Waals surface area contributed by atoms with E-state index in [1.165, 1.54) is 32.1 Å². The molecule has 0 heterocycles. The molecule has 0 aromatic carbocycles. The summed E-state index contributed by atoms with van der Waals surface area (Å²) < 4.78 is 22.9. The summed E-state index contributed by atoms with van der Waals surface area (Å²) in [6, 6.07) is 0. The van der Waals surface area contributed by atoms with Crippen molar-refractivity contribution in [3.8, 4) is 0 Å². The van der Waals surface area contributed by atoms with Gasteiger partial charge in [0.25, 0.3) is 0 Å². The van der Waals surface area contributed by atoms with E-state index in [4.69, 9.17) is 9.05 Å². The smallest absolute Gasteiger partial charge is 0.308 e. The molecule has 1 unspecified atom stereocenters. The molecule has 0 spiro atoms. The van der Waals surface area contributed by atoms with Gasteiger partial charge in [-0.1, -0.05) is 51.9 Å². The van der Waals surface area contributed by atoms with E-state index >= 15 is 0 Å². The van der Waals surface area contributed by atoms with Crippen LogP contribution in [0.15, 0.2) is 0 Å². The summed E-state index contributed by atoms with van der Waals surface area (Å²) in [6.45, 7) is 6.34. The Labute approximate surface area is 124 Å². The van der Waals surface area contributed by atoms with Gasteiger partial charge in [0.2, 0.25) is 0 Å². The molecule has 0 saturated heterocycles. The fraction of sp³-hybridized carbons (Fsp3) is 0.933. The summed E-state index contributed by atoms with van der Waals surface area (Å²) in [5.41, 5.74) is -0.613. The Bertz CT molecular complexity index is 271. The maximum absolute atomic E-state index is 12.5. The zero-order valence-electron chi connectivity index (χ0n) is 13.3. The van der Waals surface area contributed by atoms with Gasteiger partial charge in [-0.3, -0.25) is 4.57 Å². The molecule has 0 fully saturated rings. The average Bonchev–Trinajstić information content (AvgIpc) is 2.42. The maximum atomic E-state index is 12.5. The number of rotatable bonds is 14. The summed E-state index contributed by atoms with van der Waals surface area (Å²) in [5.74, 6) is 0. The molecule has 5 heteroatoms. The van der Waals surface area contributed by atoms with E-state index < -0.39 is 13.3 Å². The SMILES string of the molecule is CCCCCCCCCC(C=O)P(=O)(OCC)OCC. The zero-order chi connectivity index (χ0) is 15.3. The lowest BCUT2D eigenvalue weighted by Crippen LogP contribution is -2.15. The number of unbranched alkanes of at least 4 members (excludes halogenated alkanes) is 6. The van der Waals surface area contributed by atoms with Gasteiger partial charge < -0.3 is 13.8 Å². The Morgan fingerprint density at radius 3 is 1.85 bits per heavy atom. The van der Waals surface area contributed by atoms with Crippen molar-refractivity contribution < 1.29 is 18.4 Å². The van der Waals surface area contributed by atoms with Gasteiger partial charge in [0.05, 0.1) is 13.2 Å². The molecule has 0 bridgehead atoms. The number of hydrogen-bond donors (Lipinski definition) is 0. The van der Waals surface area contributed by atoms with Gasteiger partial charge in [0.1, 0.15) is 11.9 Å². The number of carbonyl (C=O) groups is 1. The molecule has 0 aliphatic heterocycles. The fourth-order valence-electron chi connectivity index (χ4n) is 2.20. The van der Waals surface area contributed by atoms with Crippen molar-refractivity contribution in [3.63, 3.8) is 0 Å². The van der Waals surface area contributed by atoms with Crippen LogP contribution in [-0.4, -0.2) is 25.2 Å². The topological polar surface area (TPSA) is 52.6 Å². The van der Waals surface area contributed by atoms with Crippen molar-refractivity contribution in [2.45, 2.75) is 77.8 Å². The highest BCUT2D eigenvalue weighted by molar-refractivity contribution is 7.55. The van der Waals surface area contributed by atoms with Gasteiger partial charge >= 0.3 is 7.60 Å². The maximum Gasteiger partial charge on any atom is 0.340 e. The highest BCUT2D eigenvalue weighted by atomic mass is 31.2. The number of aldehydes is 1. The van der Waals surface area contributed by atoms with Crippen molar-refractivity contribution in [1.82, 2.24) is 0 Å². The molecule has 0 aliphatic rings. The van der Waals surface area contributed by atoms with Crippen molar-refractivity contribution in [2.24, 2.45) is 0 Å². The van der Waals surface area contributed by atoms with Crippen LogP contribution in [0.1, 0.15) is 72.1 Å². The van der Waals surface area contributed by atoms with E-state index in [2.05, 4.69) is 6.92 Å². The second kappa shape index (κ2) is 12.6. The van der Waals surface area contributed by atoms with Crippen LogP contribution in [0, 0.1) is 0 Å². The quantitative estimate of drug-likeness (QED) is 0.258. The molecule has 120 valence electrons. The third kappa shape index (κ3) is 8.18. The monoisotopic (exact) mass is 306 g/mol. The lowest BCUT2D eigenvalue weighted by Gasteiger charge is -2.22. The molecule has 0 amide bonds. The number of carbonyl (C=O) groups excluding carboxylic acids is 1. The molecule has 0 aromatic rings. The van der Waals surface area contributed by atoms with E-state index in [0.717, 1.165) is 19.1 Å². The predicted octanol–water partition coefficient (Wildman–Crippen LogP) is 4.96. The van der Waals surface area contributed by atoms with E-state index in [1.807, 2.05) is 0 Å². The standard InChI is InChI=1S/C15H31O4P/c1-4-7-8-9-10-11-12-13-15(14-16)20(17,18-5-2)19-6-3/h14-15H,4-13H2,1-3H3. The van der Waals surface area contributed by atoms with Crippen LogP contribution in [0.4, 0.5) is 0 Å². The number of hydrogen-bond acceptors (Lipinski definition) is 4. The van der Waals surface area contributed by atoms with E-state index in [9.17, 15) is 9.36 Å². The fourth-order valence-corrected chi connectivity index (χ4v) is 4.03. The Hall–Kier alpha value is -0.180. The first kappa shape index (κ1) is 19.8. The Kier molecular flexibility index (Phi) is 12.4. The molecule has 1 atom stereocenters. The van der Waals surface area contributed by atoms with Crippen LogP contribution in [0.5, 0.6) is 0 Å². The molecule has 20 heavy (non-hydrogen) atoms. The lowest BCUT2D eigenvalue weighted by molar-refractivity contribution is -0.108. The van der Waals surface area contributed by atoms with Crippen LogP contribution < -0.4 is 0 Å². The van der Waals surface area contributed by atoms with E-state index in [-0.39, 0.29) is 0 Å². The molecular formula is C15H31O4P. The Morgan fingerprint density at radius 1 is 0.900 bits per heavy atom. The minimum Gasteiger partial charge on any atom is -0.308 e. The Balaban J connectivity index is 4.05. The third-order valence-corrected chi connectivity index (χ3v) is 5.71. The van der Waals surface area contributed by atoms with Crippen molar-refractivity contribution in [1.29, 1.82) is 0 Å². The normalized spacial score (nSPS) is 13.3. The second-order valence-electron chi connectivity index (χ2n) is 4.99. The third-order valence-electron chi connectivity index (χ3n) is 3.28. The van der Waals surface area contributed by atoms with Gasteiger partial charge in [-0.2, -0.15) is 0 Å². The molecule has 0 rings (SSSR count). The van der Waals surface area contributed by atoms with E-state index in [1.54, 1.807) is 13.8 Å². The summed E-state index contributed by atoms with van der Waals surface area (Å²) >= 11 is 0. The first-order chi connectivity index (χ1) is 9.64. The van der Waals surface area contributed by atoms with Crippen molar-refractivity contribution in [2.75, 3.05) is 13.2 Å². The average molecular weight is 306 g/mol. The largest absolute Gasteiger partial charge is 0.340 e. The van der Waals surface area contributed by atoms with Crippen molar-refractivity contribution >= 4 is 13.9 Å². The summed E-state index contributed by atoms with van der Waals surface area (Å²) in [6.07, 6.45) is 9.56. The summed E-state index contributed by atoms with van der Waals surface area (Å²) in [5, 5.41) is 0. The molecule has 0 saturated carbocycles. The van der Waals surface area contributed by atoms with Crippen LogP contribution in [-0.2, 0) is 18.4 Å². The lowest BCUT2D eigenvalue weighted by atomic mass is 10.1. The molecule has 4 nitrogen and oxygen atoms in total. The zero-order valence-corrected chi connectivity index (χ0v) is 14.2. The highest BCUT2D eigenvalue weighted by Gasteiger charge is 2.34. The predicted molar refractivity (Wildman–Crippen MR) is 83.3 cm³/mol. The highest BCUT2D eigenvalue weighted by Crippen LogP contribution is 2.53. The van der Waals surface area contributed by atoms with Gasteiger partial charge in [-0.15, -0.1) is 0 Å². The molecule has 0 radical (unpaired) electrons. The van der Waals surface area contributed by atoms with Crippen LogP contribution >= 0.6 is 7.60 Å². The summed E-state index contributed by atoms with van der Waals surface area (Å²) in [7, 11) is -3.26. The first-order valence-electron chi connectivity index (χ1n) is 7.98. The first-order valence-corrected chi connectivity index (χ1v) is 9.59. The Morgan fingerprint density at radius 2 is 1.40 bits per heavy atom. The van der Waals surface area contributed by atoms with Crippen molar-refractivity contribution in [3.05, 3.63) is 0 Å². The molecular weight excluding hydrogens is 275 g/mol. The van der Waals surface area contributed by atoms with Crippen LogP contribution in [0.3, 0.4) is 0 Å². The van der Waals surface area contributed by atoms with Crippen LogP contribution in [0.2, 0.25) is 0 Å².